The molecule has 0 saturated carbocycles. The molecule has 0 aliphatic rings. The first-order valence-corrected chi connectivity index (χ1v) is 16.4. The fourth-order valence-electron chi connectivity index (χ4n) is 5.92. The van der Waals surface area contributed by atoms with Crippen molar-refractivity contribution in [2.45, 2.75) is 13.8 Å². The minimum Gasteiger partial charge on any atom is -0.362 e. The van der Waals surface area contributed by atoms with Gasteiger partial charge >= 0.3 is 0 Å². The quantitative estimate of drug-likeness (QED) is 0.143. The van der Waals surface area contributed by atoms with Crippen LogP contribution in [0.15, 0.2) is 188 Å². The number of rotatable bonds is 11. The van der Waals surface area contributed by atoms with Crippen molar-refractivity contribution in [3.63, 3.8) is 0 Å². The van der Waals surface area contributed by atoms with Crippen molar-refractivity contribution in [3.05, 3.63) is 211 Å². The zero-order valence-corrected chi connectivity index (χ0v) is 27.5. The molecule has 2 heteroatoms. The molecule has 0 radical (unpaired) electrons. The summed E-state index contributed by atoms with van der Waals surface area (Å²) in [5, 5.41) is 7.16. The standard InChI is InChI=1S/C46H40N2/c1-3-19-37(20-9-6-12-29-45-36(2)43-27-15-16-30-46(43)48(45)42-25-10-7-11-26-42)38-31-33-41(34-32-38)47-35-17-5-4-8-21-39-23-18-24-40-22-13-14-28-44(39)40/h3-35,47H,1-2H3/b5-4-,9-6+,19-3-,21-8-,29-12+,35-17+,37-20+. The lowest BCUT2D eigenvalue weighted by molar-refractivity contribution is 1.10. The zero-order chi connectivity index (χ0) is 33.0. The van der Waals surface area contributed by atoms with Crippen molar-refractivity contribution in [1.82, 2.24) is 4.57 Å². The van der Waals surface area contributed by atoms with E-state index >= 15 is 0 Å². The fourth-order valence-corrected chi connectivity index (χ4v) is 5.92. The Labute approximate surface area is 284 Å². The number of hydrogen-bond donors (Lipinski definition) is 1. The SMILES string of the molecule is C\C=C/C(=C\C=C\C=C\c1c(C)c2ccccc2n1-c1ccccc1)c1ccc(N/C=C/C=C\C=C/c2cccc3ccccc23)cc1. The fraction of sp³-hybridized carbons (Fsp3) is 0.0435. The highest BCUT2D eigenvalue weighted by Crippen LogP contribution is 2.30. The second kappa shape index (κ2) is 15.9. The molecule has 5 aromatic carbocycles. The lowest BCUT2D eigenvalue weighted by Crippen LogP contribution is -1.96. The van der Waals surface area contributed by atoms with Crippen molar-refractivity contribution >= 4 is 45.1 Å². The molecule has 1 N–H and O–H groups in total. The average Bonchev–Trinajstić information content (AvgIpc) is 3.42. The predicted molar refractivity (Wildman–Crippen MR) is 210 cm³/mol. The molecule has 0 aliphatic carbocycles. The van der Waals surface area contributed by atoms with Gasteiger partial charge in [-0.3, -0.25) is 0 Å². The zero-order valence-electron chi connectivity index (χ0n) is 27.5. The van der Waals surface area contributed by atoms with E-state index in [4.69, 9.17) is 0 Å². The maximum absolute atomic E-state index is 3.36. The lowest BCUT2D eigenvalue weighted by Gasteiger charge is -2.08. The van der Waals surface area contributed by atoms with Crippen LogP contribution < -0.4 is 5.32 Å². The van der Waals surface area contributed by atoms with Crippen LogP contribution in [-0.2, 0) is 0 Å². The summed E-state index contributed by atoms with van der Waals surface area (Å²) in [6.07, 6.45) is 27.2. The molecule has 0 atom stereocenters. The summed E-state index contributed by atoms with van der Waals surface area (Å²) in [6.45, 7) is 4.25. The normalized spacial score (nSPS) is 12.8. The van der Waals surface area contributed by atoms with E-state index in [-0.39, 0.29) is 0 Å². The molecule has 0 amide bonds. The van der Waals surface area contributed by atoms with Crippen LogP contribution in [0, 0.1) is 6.92 Å². The lowest BCUT2D eigenvalue weighted by atomic mass is 10.0. The number of benzene rings is 5. The number of para-hydroxylation sites is 2. The van der Waals surface area contributed by atoms with Crippen molar-refractivity contribution in [1.29, 1.82) is 0 Å². The van der Waals surface area contributed by atoms with Gasteiger partial charge in [-0.15, -0.1) is 0 Å². The van der Waals surface area contributed by atoms with Gasteiger partial charge in [0.2, 0.25) is 0 Å². The third-order valence-electron chi connectivity index (χ3n) is 8.28. The van der Waals surface area contributed by atoms with Crippen LogP contribution in [0.25, 0.3) is 45.1 Å². The maximum Gasteiger partial charge on any atom is 0.0537 e. The highest BCUT2D eigenvalue weighted by molar-refractivity contribution is 5.91. The first-order valence-electron chi connectivity index (χ1n) is 16.4. The Morgan fingerprint density at radius 3 is 2.12 bits per heavy atom. The Balaban J connectivity index is 1.08. The van der Waals surface area contributed by atoms with E-state index in [9.17, 15) is 0 Å². The van der Waals surface area contributed by atoms with Crippen molar-refractivity contribution in [3.8, 4) is 5.69 Å². The first kappa shape index (κ1) is 31.8. The molecule has 48 heavy (non-hydrogen) atoms. The molecule has 1 heterocycles. The third-order valence-corrected chi connectivity index (χ3v) is 8.28. The largest absolute Gasteiger partial charge is 0.362 e. The summed E-state index contributed by atoms with van der Waals surface area (Å²) < 4.78 is 2.34. The second-order valence-corrected chi connectivity index (χ2v) is 11.5. The smallest absolute Gasteiger partial charge is 0.0537 e. The van der Waals surface area contributed by atoms with E-state index in [0.29, 0.717) is 0 Å². The molecule has 0 spiro atoms. The molecule has 6 rings (SSSR count). The molecular formula is C46H40N2. The molecular weight excluding hydrogens is 581 g/mol. The van der Waals surface area contributed by atoms with E-state index in [2.05, 4.69) is 193 Å². The molecule has 0 aliphatic heterocycles. The van der Waals surface area contributed by atoms with Crippen molar-refractivity contribution in [2.75, 3.05) is 5.32 Å². The molecule has 234 valence electrons. The molecule has 6 aromatic rings. The van der Waals surface area contributed by atoms with Crippen LogP contribution in [0.2, 0.25) is 0 Å². The van der Waals surface area contributed by atoms with Crippen LogP contribution in [0.1, 0.15) is 29.3 Å². The second-order valence-electron chi connectivity index (χ2n) is 11.5. The van der Waals surface area contributed by atoms with Gasteiger partial charge in [-0.1, -0.05) is 152 Å². The number of aryl methyl sites for hydroxylation is 1. The Morgan fingerprint density at radius 1 is 0.604 bits per heavy atom. The van der Waals surface area contributed by atoms with E-state index in [0.717, 1.165) is 22.5 Å². The van der Waals surface area contributed by atoms with E-state index < -0.39 is 0 Å². The minimum absolute atomic E-state index is 1.04. The van der Waals surface area contributed by atoms with Crippen LogP contribution in [-0.4, -0.2) is 4.57 Å². The monoisotopic (exact) mass is 620 g/mol. The number of anilines is 1. The molecule has 0 saturated heterocycles. The van der Waals surface area contributed by atoms with Gasteiger partial charge in [0.05, 0.1) is 5.52 Å². The van der Waals surface area contributed by atoms with Crippen molar-refractivity contribution < 1.29 is 0 Å². The van der Waals surface area contributed by atoms with Crippen LogP contribution in [0.3, 0.4) is 0 Å². The van der Waals surface area contributed by atoms with Crippen LogP contribution in [0.5, 0.6) is 0 Å². The number of nitrogens with zero attached hydrogens (tertiary/aromatic N) is 1. The first-order chi connectivity index (χ1) is 23.7. The Kier molecular flexibility index (Phi) is 10.6. The number of allylic oxidation sites excluding steroid dienone is 11. The highest BCUT2D eigenvalue weighted by atomic mass is 15.0. The number of nitrogens with one attached hydrogen (secondary N) is 1. The van der Waals surface area contributed by atoms with Gasteiger partial charge < -0.3 is 9.88 Å². The number of fused-ring (bicyclic) bond motifs is 2. The summed E-state index contributed by atoms with van der Waals surface area (Å²) in [5.74, 6) is 0. The van der Waals surface area contributed by atoms with Gasteiger partial charge in [-0.2, -0.15) is 0 Å². The number of hydrogen-bond acceptors (Lipinski definition) is 1. The van der Waals surface area contributed by atoms with Gasteiger partial charge in [-0.05, 0) is 89.4 Å². The summed E-state index contributed by atoms with van der Waals surface area (Å²) in [4.78, 5) is 0. The Morgan fingerprint density at radius 2 is 1.29 bits per heavy atom. The third kappa shape index (κ3) is 7.63. The topological polar surface area (TPSA) is 17.0 Å². The van der Waals surface area contributed by atoms with Crippen LogP contribution >= 0.6 is 0 Å². The van der Waals surface area contributed by atoms with Gasteiger partial charge in [0.15, 0.2) is 0 Å². The Hall–Kier alpha value is -6.12. The summed E-state index contributed by atoms with van der Waals surface area (Å²) in [6, 6.07) is 42.5. The van der Waals surface area contributed by atoms with Gasteiger partial charge in [-0.25, -0.2) is 0 Å². The Bertz CT molecular complexity index is 2190. The van der Waals surface area contributed by atoms with Crippen molar-refractivity contribution in [2.24, 2.45) is 0 Å². The number of aromatic nitrogens is 1. The molecule has 0 fully saturated rings. The molecule has 2 nitrogen and oxygen atoms in total. The van der Waals surface area contributed by atoms with E-state index in [1.54, 1.807) is 0 Å². The predicted octanol–water partition coefficient (Wildman–Crippen LogP) is 12.5. The molecule has 0 unspecified atom stereocenters. The van der Waals surface area contributed by atoms with Crippen LogP contribution in [0.4, 0.5) is 5.69 Å². The van der Waals surface area contributed by atoms with Gasteiger partial charge in [0.25, 0.3) is 0 Å². The van der Waals surface area contributed by atoms with Gasteiger partial charge in [0.1, 0.15) is 0 Å². The molecule has 1 aromatic heterocycles. The van der Waals surface area contributed by atoms with E-state index in [1.807, 2.05) is 31.4 Å². The molecule has 0 bridgehead atoms. The highest BCUT2D eigenvalue weighted by Gasteiger charge is 2.12. The summed E-state index contributed by atoms with van der Waals surface area (Å²) in [7, 11) is 0. The summed E-state index contributed by atoms with van der Waals surface area (Å²) in [5.41, 5.74) is 9.42. The minimum atomic E-state index is 1.04. The van der Waals surface area contributed by atoms with E-state index in [1.165, 1.54) is 38.5 Å². The maximum atomic E-state index is 3.36. The summed E-state index contributed by atoms with van der Waals surface area (Å²) >= 11 is 0. The average molecular weight is 621 g/mol. The van der Waals surface area contributed by atoms with Gasteiger partial charge in [0, 0.05) is 28.7 Å².